The first-order valence-corrected chi connectivity index (χ1v) is 9.41. The Balaban J connectivity index is 1.68. The van der Waals surface area contributed by atoms with Crippen LogP contribution in [-0.2, 0) is 7.05 Å². The minimum Gasteiger partial charge on any atom is -0.366 e. The van der Waals surface area contributed by atoms with Gasteiger partial charge in [0.2, 0.25) is 0 Å². The van der Waals surface area contributed by atoms with Crippen molar-refractivity contribution in [3.8, 4) is 11.1 Å². The Kier molecular flexibility index (Phi) is 4.14. The average Bonchev–Trinajstić information content (AvgIpc) is 3.13. The molecule has 0 aliphatic rings. The van der Waals surface area contributed by atoms with E-state index in [1.165, 1.54) is 11.6 Å². The number of nitrogens with zero attached hydrogens (tertiary/aromatic N) is 4. The number of primary amides is 1. The largest absolute Gasteiger partial charge is 0.366 e. The van der Waals surface area contributed by atoms with Crippen molar-refractivity contribution >= 4 is 39.2 Å². The van der Waals surface area contributed by atoms with Crippen LogP contribution in [0.3, 0.4) is 0 Å². The fourth-order valence-electron chi connectivity index (χ4n) is 3.66. The predicted octanol–water partition coefficient (Wildman–Crippen LogP) is 4.03. The third kappa shape index (κ3) is 3.02. The number of amides is 1. The molecule has 5 aromatic rings. The number of aryl methyl sites for hydroxylation is 1. The smallest absolute Gasteiger partial charge is 0.250 e. The maximum Gasteiger partial charge on any atom is 0.250 e. The van der Waals surface area contributed by atoms with Crippen LogP contribution in [0.4, 0.5) is 11.4 Å². The Labute approximate surface area is 172 Å². The summed E-state index contributed by atoms with van der Waals surface area (Å²) in [7, 11) is 2.02. The number of pyridine rings is 1. The summed E-state index contributed by atoms with van der Waals surface area (Å²) in [6, 6.07) is 13.9. The van der Waals surface area contributed by atoms with E-state index in [9.17, 15) is 4.79 Å². The molecule has 2 aromatic carbocycles. The number of rotatable bonds is 4. The Bertz CT molecular complexity index is 1420. The van der Waals surface area contributed by atoms with E-state index in [4.69, 9.17) is 5.73 Å². The number of nitrogens with one attached hydrogen (secondary N) is 1. The van der Waals surface area contributed by atoms with Crippen LogP contribution in [0.15, 0.2) is 73.4 Å². The zero-order chi connectivity index (χ0) is 20.7. The first-order valence-electron chi connectivity index (χ1n) is 9.41. The molecule has 0 saturated heterocycles. The predicted molar refractivity (Wildman–Crippen MR) is 117 cm³/mol. The quantitative estimate of drug-likeness (QED) is 0.480. The summed E-state index contributed by atoms with van der Waals surface area (Å²) in [6.07, 6.45) is 8.51. The van der Waals surface area contributed by atoms with Crippen molar-refractivity contribution in [2.24, 2.45) is 12.8 Å². The number of carbonyl (C=O) groups is 1. The van der Waals surface area contributed by atoms with Crippen LogP contribution in [0.2, 0.25) is 0 Å². The summed E-state index contributed by atoms with van der Waals surface area (Å²) in [4.78, 5) is 24.9. The van der Waals surface area contributed by atoms with Crippen molar-refractivity contribution < 1.29 is 4.79 Å². The molecular formula is C23H18N6O. The highest BCUT2D eigenvalue weighted by Gasteiger charge is 2.13. The lowest BCUT2D eigenvalue weighted by atomic mass is 10.0. The summed E-state index contributed by atoms with van der Waals surface area (Å²) < 4.78 is 2.09. The van der Waals surface area contributed by atoms with Crippen molar-refractivity contribution in [1.29, 1.82) is 0 Å². The molecule has 5 rings (SSSR count). The van der Waals surface area contributed by atoms with Gasteiger partial charge in [-0.05, 0) is 41.3 Å². The number of aromatic nitrogens is 4. The first-order chi connectivity index (χ1) is 14.6. The van der Waals surface area contributed by atoms with Crippen LogP contribution in [0.25, 0.3) is 33.1 Å². The fourth-order valence-corrected chi connectivity index (χ4v) is 3.66. The number of fused-ring (bicyclic) bond motifs is 2. The summed E-state index contributed by atoms with van der Waals surface area (Å²) in [5.74, 6) is -0.519. The van der Waals surface area contributed by atoms with E-state index in [1.54, 1.807) is 24.7 Å². The van der Waals surface area contributed by atoms with E-state index in [1.807, 2.05) is 25.4 Å². The van der Waals surface area contributed by atoms with Gasteiger partial charge < -0.3 is 15.6 Å². The van der Waals surface area contributed by atoms with Gasteiger partial charge in [-0.2, -0.15) is 0 Å². The van der Waals surface area contributed by atoms with Crippen molar-refractivity contribution in [1.82, 2.24) is 19.5 Å². The zero-order valence-corrected chi connectivity index (χ0v) is 16.2. The van der Waals surface area contributed by atoms with Gasteiger partial charge in [0, 0.05) is 48.6 Å². The van der Waals surface area contributed by atoms with E-state index in [0.717, 1.165) is 33.4 Å². The summed E-state index contributed by atoms with van der Waals surface area (Å²) in [6.45, 7) is 0. The standard InChI is InChI=1S/C23H18N6O/c1-29-9-5-14-2-3-15(10-21(14)29)18-11-16(12-19-22(18)27-8-7-26-19)28-20-13-25-6-4-17(20)23(24)30/h2-13,28H,1H3,(H2,24,30). The van der Waals surface area contributed by atoms with E-state index >= 15 is 0 Å². The average molecular weight is 394 g/mol. The third-order valence-electron chi connectivity index (χ3n) is 5.14. The van der Waals surface area contributed by atoms with Crippen LogP contribution in [0.5, 0.6) is 0 Å². The number of anilines is 2. The van der Waals surface area contributed by atoms with Gasteiger partial charge in [0.15, 0.2) is 0 Å². The van der Waals surface area contributed by atoms with Gasteiger partial charge in [0.05, 0.1) is 28.5 Å². The molecule has 0 bridgehead atoms. The fraction of sp³-hybridized carbons (Fsp3) is 0.0435. The van der Waals surface area contributed by atoms with Crippen LogP contribution in [-0.4, -0.2) is 25.4 Å². The number of carbonyl (C=O) groups excluding carboxylic acids is 1. The molecule has 0 saturated carbocycles. The molecule has 0 aliphatic carbocycles. The monoisotopic (exact) mass is 394 g/mol. The van der Waals surface area contributed by atoms with Gasteiger partial charge in [0.25, 0.3) is 5.91 Å². The minimum absolute atomic E-state index is 0.371. The molecular weight excluding hydrogens is 376 g/mol. The Morgan fingerprint density at radius 3 is 2.77 bits per heavy atom. The van der Waals surface area contributed by atoms with E-state index in [0.29, 0.717) is 11.3 Å². The van der Waals surface area contributed by atoms with E-state index < -0.39 is 5.91 Å². The SMILES string of the molecule is Cn1ccc2ccc(-c3cc(Nc4cnccc4C(N)=O)cc4nccnc34)cc21. The van der Waals surface area contributed by atoms with Gasteiger partial charge in [-0.25, -0.2) is 0 Å². The van der Waals surface area contributed by atoms with Gasteiger partial charge in [0.1, 0.15) is 0 Å². The molecule has 0 aliphatic heterocycles. The maximum absolute atomic E-state index is 11.8. The topological polar surface area (TPSA) is 98.7 Å². The van der Waals surface area contributed by atoms with Crippen molar-refractivity contribution in [3.05, 3.63) is 79.0 Å². The maximum atomic E-state index is 11.8. The van der Waals surface area contributed by atoms with Crippen LogP contribution >= 0.6 is 0 Å². The summed E-state index contributed by atoms with van der Waals surface area (Å²) in [5, 5.41) is 4.44. The van der Waals surface area contributed by atoms with Gasteiger partial charge in [-0.15, -0.1) is 0 Å². The highest BCUT2D eigenvalue weighted by atomic mass is 16.1. The lowest BCUT2D eigenvalue weighted by Gasteiger charge is -2.13. The molecule has 0 fully saturated rings. The summed E-state index contributed by atoms with van der Waals surface area (Å²) in [5.41, 5.74) is 11.8. The number of hydrogen-bond donors (Lipinski definition) is 2. The van der Waals surface area contributed by atoms with Gasteiger partial charge in [-0.3, -0.25) is 19.7 Å². The highest BCUT2D eigenvalue weighted by Crippen LogP contribution is 2.33. The number of nitrogens with two attached hydrogens (primary N) is 1. The molecule has 0 radical (unpaired) electrons. The van der Waals surface area contributed by atoms with Crippen LogP contribution in [0.1, 0.15) is 10.4 Å². The van der Waals surface area contributed by atoms with Crippen molar-refractivity contribution in [2.75, 3.05) is 5.32 Å². The van der Waals surface area contributed by atoms with Crippen LogP contribution in [0, 0.1) is 0 Å². The third-order valence-corrected chi connectivity index (χ3v) is 5.14. The molecule has 3 heterocycles. The second-order valence-electron chi connectivity index (χ2n) is 7.06. The lowest BCUT2D eigenvalue weighted by molar-refractivity contribution is 0.100. The Morgan fingerprint density at radius 2 is 1.90 bits per heavy atom. The molecule has 30 heavy (non-hydrogen) atoms. The van der Waals surface area contributed by atoms with Gasteiger partial charge in [-0.1, -0.05) is 12.1 Å². The minimum atomic E-state index is -0.519. The molecule has 146 valence electrons. The Morgan fingerprint density at radius 1 is 1.03 bits per heavy atom. The highest BCUT2D eigenvalue weighted by molar-refractivity contribution is 6.00. The first kappa shape index (κ1) is 17.8. The molecule has 0 unspecified atom stereocenters. The van der Waals surface area contributed by atoms with Crippen molar-refractivity contribution in [2.45, 2.75) is 0 Å². The Hall–Kier alpha value is -4.26. The number of benzene rings is 2. The molecule has 3 aromatic heterocycles. The zero-order valence-electron chi connectivity index (χ0n) is 16.2. The van der Waals surface area contributed by atoms with Crippen LogP contribution < -0.4 is 11.1 Å². The number of hydrogen-bond acceptors (Lipinski definition) is 5. The molecule has 0 atom stereocenters. The van der Waals surface area contributed by atoms with Gasteiger partial charge >= 0.3 is 0 Å². The molecule has 1 amide bonds. The molecule has 7 heteroatoms. The molecule has 3 N–H and O–H groups in total. The molecule has 0 spiro atoms. The van der Waals surface area contributed by atoms with Crippen molar-refractivity contribution in [3.63, 3.8) is 0 Å². The second-order valence-corrected chi connectivity index (χ2v) is 7.06. The molecule has 7 nitrogen and oxygen atoms in total. The summed E-state index contributed by atoms with van der Waals surface area (Å²) >= 11 is 0. The van der Waals surface area contributed by atoms with E-state index in [2.05, 4.69) is 49.1 Å². The van der Waals surface area contributed by atoms with E-state index in [-0.39, 0.29) is 0 Å². The normalized spacial score (nSPS) is 11.1. The second kappa shape index (κ2) is 6.97. The lowest BCUT2D eigenvalue weighted by Crippen LogP contribution is -2.13.